The first-order chi connectivity index (χ1) is 6.63. The molecule has 0 aromatic carbocycles. The molecule has 0 aliphatic rings. The Morgan fingerprint density at radius 2 is 2.50 bits per heavy atom. The van der Waals surface area contributed by atoms with Gasteiger partial charge in [-0.1, -0.05) is 6.92 Å². The summed E-state index contributed by atoms with van der Waals surface area (Å²) in [6.07, 6.45) is 1.58. The molecule has 0 fully saturated rings. The number of carboxylic acid groups (broad SMARTS) is 1. The number of nitrogens with zero attached hydrogens (tertiary/aromatic N) is 2. The first-order valence-electron chi connectivity index (χ1n) is 4.21. The van der Waals surface area contributed by atoms with Gasteiger partial charge in [0.25, 0.3) is 0 Å². The lowest BCUT2D eigenvalue weighted by Crippen LogP contribution is -2.03. The summed E-state index contributed by atoms with van der Waals surface area (Å²) in [6, 6.07) is 5.27. The third kappa shape index (κ3) is 2.56. The molecule has 0 saturated heterocycles. The van der Waals surface area contributed by atoms with Crippen LogP contribution in [0.4, 0.5) is 0 Å². The van der Waals surface area contributed by atoms with Gasteiger partial charge in [0, 0.05) is 6.20 Å². The molecule has 1 atom stereocenters. The van der Waals surface area contributed by atoms with E-state index in [0.29, 0.717) is 5.69 Å². The average molecular weight is 190 g/mol. The van der Waals surface area contributed by atoms with Crippen LogP contribution in [0.3, 0.4) is 0 Å². The van der Waals surface area contributed by atoms with E-state index in [9.17, 15) is 4.79 Å². The summed E-state index contributed by atoms with van der Waals surface area (Å²) in [4.78, 5) is 14.3. The molecule has 4 heteroatoms. The van der Waals surface area contributed by atoms with Gasteiger partial charge in [0.1, 0.15) is 11.8 Å². The zero-order valence-electron chi connectivity index (χ0n) is 7.77. The maximum atomic E-state index is 10.5. The monoisotopic (exact) mass is 190 g/mol. The minimum atomic E-state index is -0.840. The van der Waals surface area contributed by atoms with E-state index in [1.165, 1.54) is 6.20 Å². The maximum absolute atomic E-state index is 10.5. The number of nitriles is 1. The molecule has 0 saturated carbocycles. The number of hydrogen-bond acceptors (Lipinski definition) is 3. The van der Waals surface area contributed by atoms with E-state index in [1.54, 1.807) is 12.1 Å². The minimum Gasteiger partial charge on any atom is -0.481 e. The fourth-order valence-electron chi connectivity index (χ4n) is 1.19. The van der Waals surface area contributed by atoms with Crippen molar-refractivity contribution in [3.05, 3.63) is 29.6 Å². The summed E-state index contributed by atoms with van der Waals surface area (Å²) in [5.41, 5.74) is 1.15. The van der Waals surface area contributed by atoms with E-state index in [1.807, 2.05) is 13.0 Å². The van der Waals surface area contributed by atoms with Gasteiger partial charge in [-0.15, -0.1) is 0 Å². The maximum Gasteiger partial charge on any atom is 0.303 e. The van der Waals surface area contributed by atoms with Crippen LogP contribution >= 0.6 is 0 Å². The van der Waals surface area contributed by atoms with Gasteiger partial charge in [0.2, 0.25) is 0 Å². The number of carbonyl (C=O) groups is 1. The van der Waals surface area contributed by atoms with Gasteiger partial charge in [0.05, 0.1) is 6.42 Å². The molecule has 1 rings (SSSR count). The lowest BCUT2D eigenvalue weighted by Gasteiger charge is -2.08. The molecule has 0 bridgehead atoms. The van der Waals surface area contributed by atoms with Crippen molar-refractivity contribution in [2.24, 2.45) is 0 Å². The van der Waals surface area contributed by atoms with Gasteiger partial charge in [-0.2, -0.15) is 5.26 Å². The molecule has 0 aliphatic carbocycles. The van der Waals surface area contributed by atoms with Gasteiger partial charge in [0.15, 0.2) is 0 Å². The Hall–Kier alpha value is -1.89. The number of aliphatic carboxylic acids is 1. The Balaban J connectivity index is 2.85. The van der Waals surface area contributed by atoms with Crippen molar-refractivity contribution >= 4 is 5.97 Å². The van der Waals surface area contributed by atoms with E-state index in [2.05, 4.69) is 4.98 Å². The molecular formula is C10H10N2O2. The lowest BCUT2D eigenvalue weighted by atomic mass is 9.98. The molecule has 72 valence electrons. The van der Waals surface area contributed by atoms with Crippen LogP contribution in [0.2, 0.25) is 0 Å². The van der Waals surface area contributed by atoms with Gasteiger partial charge in [-0.3, -0.25) is 4.79 Å². The molecule has 0 aliphatic heterocycles. The number of carboxylic acids is 1. The fraction of sp³-hybridized carbons (Fsp3) is 0.300. The predicted molar refractivity (Wildman–Crippen MR) is 49.6 cm³/mol. The molecule has 1 aromatic heterocycles. The Bertz CT molecular complexity index is 382. The fourth-order valence-corrected chi connectivity index (χ4v) is 1.19. The summed E-state index contributed by atoms with van der Waals surface area (Å²) >= 11 is 0. The quantitative estimate of drug-likeness (QED) is 0.784. The average Bonchev–Trinajstić information content (AvgIpc) is 2.17. The number of pyridine rings is 1. The molecular weight excluding hydrogens is 180 g/mol. The minimum absolute atomic E-state index is 0.0644. The third-order valence-corrected chi connectivity index (χ3v) is 1.95. The third-order valence-electron chi connectivity index (χ3n) is 1.95. The van der Waals surface area contributed by atoms with Crippen molar-refractivity contribution in [1.82, 2.24) is 4.98 Å². The topological polar surface area (TPSA) is 74.0 Å². The van der Waals surface area contributed by atoms with E-state index < -0.39 is 5.97 Å². The highest BCUT2D eigenvalue weighted by Gasteiger charge is 2.10. The van der Waals surface area contributed by atoms with Gasteiger partial charge in [-0.05, 0) is 23.6 Å². The van der Waals surface area contributed by atoms with Crippen LogP contribution in [-0.2, 0) is 4.79 Å². The molecule has 1 unspecified atom stereocenters. The highest BCUT2D eigenvalue weighted by Crippen LogP contribution is 2.18. The second kappa shape index (κ2) is 4.38. The highest BCUT2D eigenvalue weighted by molar-refractivity contribution is 5.67. The van der Waals surface area contributed by atoms with Gasteiger partial charge >= 0.3 is 5.97 Å². The largest absolute Gasteiger partial charge is 0.481 e. The van der Waals surface area contributed by atoms with Crippen molar-refractivity contribution in [2.45, 2.75) is 19.3 Å². The molecule has 4 nitrogen and oxygen atoms in total. The predicted octanol–water partition coefficient (Wildman–Crippen LogP) is 1.53. The van der Waals surface area contributed by atoms with Crippen molar-refractivity contribution in [3.8, 4) is 6.07 Å². The normalized spacial score (nSPS) is 11.7. The first kappa shape index (κ1) is 10.2. The summed E-state index contributed by atoms with van der Waals surface area (Å²) in [5, 5.41) is 17.2. The van der Waals surface area contributed by atoms with Crippen LogP contribution in [0.25, 0.3) is 0 Å². The van der Waals surface area contributed by atoms with Crippen LogP contribution in [0.15, 0.2) is 18.3 Å². The zero-order chi connectivity index (χ0) is 10.6. The smallest absolute Gasteiger partial charge is 0.303 e. The first-order valence-corrected chi connectivity index (χ1v) is 4.21. The second-order valence-electron chi connectivity index (χ2n) is 3.09. The van der Waals surface area contributed by atoms with Gasteiger partial charge < -0.3 is 5.11 Å². The molecule has 1 heterocycles. The molecule has 0 radical (unpaired) electrons. The molecule has 0 amide bonds. The Morgan fingerprint density at radius 3 is 3.07 bits per heavy atom. The SMILES string of the molecule is CC(CC(=O)O)c1ccnc(C#N)c1. The molecule has 14 heavy (non-hydrogen) atoms. The van der Waals surface area contributed by atoms with Crippen molar-refractivity contribution in [2.75, 3.05) is 0 Å². The number of hydrogen-bond donors (Lipinski definition) is 1. The highest BCUT2D eigenvalue weighted by atomic mass is 16.4. The second-order valence-corrected chi connectivity index (χ2v) is 3.09. The summed E-state index contributed by atoms with van der Waals surface area (Å²) < 4.78 is 0. The van der Waals surface area contributed by atoms with Crippen molar-refractivity contribution in [1.29, 1.82) is 5.26 Å². The Labute approximate surface area is 81.8 Å². The van der Waals surface area contributed by atoms with E-state index in [-0.39, 0.29) is 12.3 Å². The lowest BCUT2D eigenvalue weighted by molar-refractivity contribution is -0.137. The standard InChI is InChI=1S/C10H10N2O2/c1-7(4-10(13)14)8-2-3-12-9(5-8)6-11/h2-3,5,7H,4H2,1H3,(H,13,14). The Morgan fingerprint density at radius 1 is 1.79 bits per heavy atom. The van der Waals surface area contributed by atoms with E-state index >= 15 is 0 Å². The Kier molecular flexibility index (Phi) is 3.19. The van der Waals surface area contributed by atoms with Crippen molar-refractivity contribution < 1.29 is 9.90 Å². The van der Waals surface area contributed by atoms with Crippen LogP contribution in [0, 0.1) is 11.3 Å². The molecule has 1 N–H and O–H groups in total. The molecule has 1 aromatic rings. The van der Waals surface area contributed by atoms with Crippen molar-refractivity contribution in [3.63, 3.8) is 0 Å². The van der Waals surface area contributed by atoms with Crippen LogP contribution < -0.4 is 0 Å². The van der Waals surface area contributed by atoms with Crippen LogP contribution in [0.1, 0.15) is 30.5 Å². The summed E-state index contributed by atoms with van der Waals surface area (Å²) in [5.74, 6) is -0.935. The molecule has 0 spiro atoms. The van der Waals surface area contributed by atoms with Crippen LogP contribution in [-0.4, -0.2) is 16.1 Å². The number of aromatic nitrogens is 1. The van der Waals surface area contributed by atoms with Crippen LogP contribution in [0.5, 0.6) is 0 Å². The van der Waals surface area contributed by atoms with E-state index in [4.69, 9.17) is 10.4 Å². The summed E-state index contributed by atoms with van der Waals surface area (Å²) in [6.45, 7) is 1.81. The van der Waals surface area contributed by atoms with Gasteiger partial charge in [-0.25, -0.2) is 4.98 Å². The summed E-state index contributed by atoms with van der Waals surface area (Å²) in [7, 11) is 0. The number of rotatable bonds is 3. The zero-order valence-corrected chi connectivity index (χ0v) is 7.77. The van der Waals surface area contributed by atoms with E-state index in [0.717, 1.165) is 5.56 Å².